The zero-order chi connectivity index (χ0) is 18.6. The van der Waals surface area contributed by atoms with E-state index < -0.39 is 5.82 Å². The van der Waals surface area contributed by atoms with Crippen LogP contribution in [0.4, 0.5) is 4.39 Å². The van der Waals surface area contributed by atoms with Crippen molar-refractivity contribution in [1.29, 1.82) is 0 Å². The van der Waals surface area contributed by atoms with E-state index in [1.165, 1.54) is 23.4 Å². The van der Waals surface area contributed by atoms with E-state index in [-0.39, 0.29) is 10.5 Å². The van der Waals surface area contributed by atoms with Gasteiger partial charge in [0.1, 0.15) is 5.82 Å². The van der Waals surface area contributed by atoms with Crippen molar-refractivity contribution in [1.82, 2.24) is 4.57 Å². The van der Waals surface area contributed by atoms with Crippen molar-refractivity contribution in [3.05, 3.63) is 68.2 Å². The number of hydrogen-bond donors (Lipinski definition) is 0. The van der Waals surface area contributed by atoms with Crippen LogP contribution in [0, 0.1) is 26.6 Å². The third-order valence-corrected chi connectivity index (χ3v) is 6.45. The summed E-state index contributed by atoms with van der Waals surface area (Å²) in [6, 6.07) is 7.45. The van der Waals surface area contributed by atoms with Gasteiger partial charge in [0.25, 0.3) is 0 Å². The molecule has 1 fully saturated rings. The van der Waals surface area contributed by atoms with E-state index in [9.17, 15) is 9.18 Å². The van der Waals surface area contributed by atoms with Crippen molar-refractivity contribution in [3.8, 4) is 0 Å². The summed E-state index contributed by atoms with van der Waals surface area (Å²) in [6.07, 6.45) is 4.05. The maximum Gasteiger partial charge on any atom is 0.203 e. The van der Waals surface area contributed by atoms with E-state index in [1.54, 1.807) is 6.07 Å². The van der Waals surface area contributed by atoms with Gasteiger partial charge < -0.3 is 4.57 Å². The van der Waals surface area contributed by atoms with Gasteiger partial charge in [-0.2, -0.15) is 0 Å². The second-order valence-electron chi connectivity index (χ2n) is 7.07. The molecule has 0 bridgehead atoms. The number of aryl methyl sites for hydroxylation is 3. The molecule has 2 aromatic carbocycles. The van der Waals surface area contributed by atoms with Crippen LogP contribution >= 0.6 is 23.4 Å². The fraction of sp³-hybridized carbons (Fsp3) is 0.286. The summed E-state index contributed by atoms with van der Waals surface area (Å²) in [6.45, 7) is 6.18. The topological polar surface area (TPSA) is 22.0 Å². The van der Waals surface area contributed by atoms with E-state index in [0.717, 1.165) is 28.9 Å². The van der Waals surface area contributed by atoms with Crippen molar-refractivity contribution >= 4 is 34.3 Å². The van der Waals surface area contributed by atoms with Crippen LogP contribution in [0.3, 0.4) is 0 Å². The van der Waals surface area contributed by atoms with E-state index in [1.807, 2.05) is 6.20 Å². The number of fused-ring (bicyclic) bond motifs is 1. The molecule has 1 heterocycles. The van der Waals surface area contributed by atoms with Gasteiger partial charge in [-0.15, -0.1) is 0 Å². The average molecular weight is 388 g/mol. The van der Waals surface area contributed by atoms with E-state index in [4.69, 9.17) is 11.6 Å². The van der Waals surface area contributed by atoms with E-state index in [2.05, 4.69) is 37.5 Å². The first kappa shape index (κ1) is 17.6. The molecule has 0 saturated heterocycles. The molecule has 26 heavy (non-hydrogen) atoms. The average Bonchev–Trinajstić information content (AvgIpc) is 3.39. The van der Waals surface area contributed by atoms with E-state index >= 15 is 0 Å². The zero-order valence-electron chi connectivity index (χ0n) is 14.9. The molecule has 4 rings (SSSR count). The summed E-state index contributed by atoms with van der Waals surface area (Å²) in [5.74, 6) is -0.552. The summed E-state index contributed by atoms with van der Waals surface area (Å²) >= 11 is 7.44. The second kappa shape index (κ2) is 6.43. The van der Waals surface area contributed by atoms with Crippen molar-refractivity contribution in [2.24, 2.45) is 0 Å². The monoisotopic (exact) mass is 387 g/mol. The number of hydrogen-bond acceptors (Lipinski definition) is 2. The highest BCUT2D eigenvalue weighted by Gasteiger charge is 2.26. The number of nitrogens with zero attached hydrogens (tertiary/aromatic N) is 1. The Hall–Kier alpha value is -1.78. The fourth-order valence-corrected chi connectivity index (χ4v) is 4.67. The van der Waals surface area contributed by atoms with Gasteiger partial charge in [0.05, 0.1) is 15.4 Å². The predicted molar refractivity (Wildman–Crippen MR) is 106 cm³/mol. The number of rotatable bonds is 3. The molecule has 0 spiro atoms. The summed E-state index contributed by atoms with van der Waals surface area (Å²) in [4.78, 5) is 14.8. The minimum atomic E-state index is -0.552. The molecule has 0 aliphatic heterocycles. The standard InChI is InChI=1S/C21H19ClFNOS/c1-11-6-12(2)21(13(3)7-11)26-19-10-24(14-4-5-14)18-9-16(22)17(23)8-15(18)20(19)25/h6-10,14H,4-5H2,1-3H3. The molecule has 0 N–H and O–H groups in total. The lowest BCUT2D eigenvalue weighted by Crippen LogP contribution is -2.11. The minimum Gasteiger partial charge on any atom is -0.343 e. The van der Waals surface area contributed by atoms with Gasteiger partial charge in [-0.05, 0) is 56.9 Å². The zero-order valence-corrected chi connectivity index (χ0v) is 16.5. The Morgan fingerprint density at radius 2 is 1.77 bits per heavy atom. The van der Waals surface area contributed by atoms with Crippen LogP contribution in [0.5, 0.6) is 0 Å². The highest BCUT2D eigenvalue weighted by atomic mass is 35.5. The molecule has 1 saturated carbocycles. The fourth-order valence-electron chi connectivity index (χ4n) is 3.48. The van der Waals surface area contributed by atoms with Crippen LogP contribution in [-0.2, 0) is 0 Å². The van der Waals surface area contributed by atoms with Crippen LogP contribution in [0.2, 0.25) is 5.02 Å². The molecule has 0 amide bonds. The Kier molecular flexibility index (Phi) is 4.36. The molecule has 1 aromatic heterocycles. The van der Waals surface area contributed by atoms with E-state index in [0.29, 0.717) is 21.8 Å². The van der Waals surface area contributed by atoms with Gasteiger partial charge in [-0.25, -0.2) is 4.39 Å². The summed E-state index contributed by atoms with van der Waals surface area (Å²) < 4.78 is 16.1. The quantitative estimate of drug-likeness (QED) is 0.533. The summed E-state index contributed by atoms with van der Waals surface area (Å²) in [5, 5.41) is 0.447. The normalized spacial score (nSPS) is 14.2. The van der Waals surface area contributed by atoms with Crippen LogP contribution in [0.15, 0.2) is 45.0 Å². The molecule has 1 aliphatic rings. The molecule has 5 heteroatoms. The molecular formula is C21H19ClFNOS. The molecule has 3 aromatic rings. The minimum absolute atomic E-state index is 0.0527. The van der Waals surface area contributed by atoms with Gasteiger partial charge >= 0.3 is 0 Å². The van der Waals surface area contributed by atoms with Gasteiger partial charge in [0, 0.05) is 22.5 Å². The van der Waals surface area contributed by atoms with Crippen molar-refractivity contribution < 1.29 is 4.39 Å². The van der Waals surface area contributed by atoms with Gasteiger partial charge in [-0.3, -0.25) is 4.79 Å². The lowest BCUT2D eigenvalue weighted by atomic mass is 10.1. The number of pyridine rings is 1. The number of benzene rings is 2. The van der Waals surface area contributed by atoms with Gasteiger partial charge in [-0.1, -0.05) is 41.1 Å². The molecule has 0 atom stereocenters. The van der Waals surface area contributed by atoms with Crippen LogP contribution in [-0.4, -0.2) is 4.57 Å². The lowest BCUT2D eigenvalue weighted by molar-refractivity contribution is 0.629. The Bertz CT molecular complexity index is 1080. The van der Waals surface area contributed by atoms with Crippen molar-refractivity contribution in [2.75, 3.05) is 0 Å². The highest BCUT2D eigenvalue weighted by Crippen LogP contribution is 2.40. The summed E-state index contributed by atoms with van der Waals surface area (Å²) in [7, 11) is 0. The van der Waals surface area contributed by atoms with Crippen molar-refractivity contribution in [2.45, 2.75) is 49.4 Å². The van der Waals surface area contributed by atoms with Crippen molar-refractivity contribution in [3.63, 3.8) is 0 Å². The van der Waals surface area contributed by atoms with Gasteiger partial charge in [0.15, 0.2) is 0 Å². The molecule has 0 radical (unpaired) electrons. The SMILES string of the molecule is Cc1cc(C)c(Sc2cn(C3CC3)c3cc(Cl)c(F)cc3c2=O)c(C)c1. The summed E-state index contributed by atoms with van der Waals surface area (Å²) in [5.41, 5.74) is 4.07. The van der Waals surface area contributed by atoms with Crippen LogP contribution in [0.25, 0.3) is 10.9 Å². The van der Waals surface area contributed by atoms with Crippen LogP contribution in [0.1, 0.15) is 35.6 Å². The second-order valence-corrected chi connectivity index (χ2v) is 8.53. The Balaban J connectivity index is 1.92. The Morgan fingerprint density at radius 1 is 1.12 bits per heavy atom. The molecular weight excluding hydrogens is 369 g/mol. The molecule has 1 aliphatic carbocycles. The first-order chi connectivity index (χ1) is 12.3. The third-order valence-electron chi connectivity index (χ3n) is 4.80. The maximum atomic E-state index is 14.0. The first-order valence-electron chi connectivity index (χ1n) is 8.64. The lowest BCUT2D eigenvalue weighted by Gasteiger charge is -2.15. The maximum absolute atomic E-state index is 14.0. The van der Waals surface area contributed by atoms with Crippen LogP contribution < -0.4 is 5.43 Å². The Labute approximate surface area is 161 Å². The molecule has 134 valence electrons. The van der Waals surface area contributed by atoms with Gasteiger partial charge in [0.2, 0.25) is 5.43 Å². The third kappa shape index (κ3) is 3.06. The highest BCUT2D eigenvalue weighted by molar-refractivity contribution is 7.99. The predicted octanol–water partition coefficient (Wildman–Crippen LogP) is 6.21. The number of halogens is 2. The first-order valence-corrected chi connectivity index (χ1v) is 9.84. The number of aromatic nitrogens is 1. The smallest absolute Gasteiger partial charge is 0.203 e. The molecule has 2 nitrogen and oxygen atoms in total. The Morgan fingerprint density at radius 3 is 2.38 bits per heavy atom. The largest absolute Gasteiger partial charge is 0.343 e. The molecule has 0 unspecified atom stereocenters.